The smallest absolute Gasteiger partial charge is 0.262 e. The lowest BCUT2D eigenvalue weighted by Crippen LogP contribution is -2.24. The lowest BCUT2D eigenvalue weighted by Gasteiger charge is -2.10. The molecule has 0 aliphatic rings. The maximum absolute atomic E-state index is 12.8. The normalized spacial score (nSPS) is 11.2. The molecule has 1 aromatic carbocycles. The van der Waals surface area contributed by atoms with E-state index in [4.69, 9.17) is 4.74 Å². The number of rotatable bonds is 6. The van der Waals surface area contributed by atoms with Crippen LogP contribution in [0, 0.1) is 27.7 Å². The van der Waals surface area contributed by atoms with Crippen LogP contribution in [0.25, 0.3) is 10.2 Å². The highest BCUT2D eigenvalue weighted by molar-refractivity contribution is 7.18. The van der Waals surface area contributed by atoms with Crippen molar-refractivity contribution in [2.45, 2.75) is 47.1 Å². The number of benzene rings is 1. The van der Waals surface area contributed by atoms with Gasteiger partial charge >= 0.3 is 0 Å². The maximum atomic E-state index is 12.8. The molecule has 2 heterocycles. The van der Waals surface area contributed by atoms with Crippen molar-refractivity contribution in [3.8, 4) is 5.75 Å². The van der Waals surface area contributed by atoms with E-state index in [0.717, 1.165) is 40.2 Å². The van der Waals surface area contributed by atoms with Crippen LogP contribution < -0.4 is 10.3 Å². The molecule has 0 fully saturated rings. The molecule has 0 aliphatic heterocycles. The summed E-state index contributed by atoms with van der Waals surface area (Å²) in [6, 6.07) is 8.06. The molecule has 3 rings (SSSR count). The minimum Gasteiger partial charge on any atom is -0.494 e. The zero-order valence-electron chi connectivity index (χ0n) is 15.3. The van der Waals surface area contributed by atoms with Gasteiger partial charge < -0.3 is 4.74 Å². The molecule has 0 N–H and O–H groups in total. The number of aryl methyl sites for hydroxylation is 4. The Kier molecular flexibility index (Phi) is 5.23. The van der Waals surface area contributed by atoms with Crippen LogP contribution in [0.1, 0.15) is 34.7 Å². The second-order valence-corrected chi connectivity index (χ2v) is 7.65. The molecule has 0 aliphatic carbocycles. The van der Waals surface area contributed by atoms with E-state index in [9.17, 15) is 4.79 Å². The summed E-state index contributed by atoms with van der Waals surface area (Å²) < 4.78 is 7.58. The van der Waals surface area contributed by atoms with Crippen LogP contribution in [0.5, 0.6) is 5.75 Å². The summed E-state index contributed by atoms with van der Waals surface area (Å²) in [5.74, 6) is 1.69. The van der Waals surface area contributed by atoms with E-state index >= 15 is 0 Å². The fourth-order valence-electron chi connectivity index (χ4n) is 2.96. The number of nitrogens with zero attached hydrogens (tertiary/aromatic N) is 2. The Morgan fingerprint density at radius 1 is 1.16 bits per heavy atom. The number of aromatic nitrogens is 2. The summed E-state index contributed by atoms with van der Waals surface area (Å²) in [7, 11) is 0. The van der Waals surface area contributed by atoms with Gasteiger partial charge in [-0.05, 0) is 63.8 Å². The Balaban J connectivity index is 1.63. The largest absolute Gasteiger partial charge is 0.494 e. The van der Waals surface area contributed by atoms with Crippen molar-refractivity contribution in [3.63, 3.8) is 0 Å². The number of ether oxygens (including phenoxy) is 1. The molecule has 3 aromatic rings. The summed E-state index contributed by atoms with van der Waals surface area (Å²) in [6.45, 7) is 9.35. The number of thiophene rings is 1. The van der Waals surface area contributed by atoms with E-state index < -0.39 is 0 Å². The van der Waals surface area contributed by atoms with Gasteiger partial charge in [-0.15, -0.1) is 11.3 Å². The van der Waals surface area contributed by atoms with Crippen LogP contribution in [-0.4, -0.2) is 16.2 Å². The van der Waals surface area contributed by atoms with Gasteiger partial charge in [0.25, 0.3) is 5.56 Å². The van der Waals surface area contributed by atoms with E-state index in [0.29, 0.717) is 13.2 Å². The van der Waals surface area contributed by atoms with Crippen molar-refractivity contribution in [3.05, 3.63) is 56.4 Å². The molecule has 0 saturated carbocycles. The molecule has 0 bridgehead atoms. The SMILES string of the molecule is Cc1cccc(OCCCCn2c(C)nc3sc(C)c(C)c3c2=O)c1. The highest BCUT2D eigenvalue weighted by Crippen LogP contribution is 2.26. The minimum absolute atomic E-state index is 0.0870. The quantitative estimate of drug-likeness (QED) is 0.609. The molecule has 2 aromatic heterocycles. The highest BCUT2D eigenvalue weighted by atomic mass is 32.1. The topological polar surface area (TPSA) is 44.1 Å². The Labute approximate surface area is 152 Å². The third-order valence-corrected chi connectivity index (χ3v) is 5.62. The third kappa shape index (κ3) is 3.76. The van der Waals surface area contributed by atoms with Crippen molar-refractivity contribution in [1.29, 1.82) is 0 Å². The lowest BCUT2D eigenvalue weighted by molar-refractivity contribution is 0.302. The second kappa shape index (κ2) is 7.40. The summed E-state index contributed by atoms with van der Waals surface area (Å²) in [4.78, 5) is 19.5. The van der Waals surface area contributed by atoms with Crippen molar-refractivity contribution in [2.24, 2.45) is 0 Å². The summed E-state index contributed by atoms with van der Waals surface area (Å²) in [6.07, 6.45) is 1.79. The fourth-order valence-corrected chi connectivity index (χ4v) is 4.02. The average molecular weight is 356 g/mol. The Bertz CT molecular complexity index is 956. The van der Waals surface area contributed by atoms with Gasteiger partial charge in [0.15, 0.2) is 0 Å². The van der Waals surface area contributed by atoms with Crippen LogP contribution in [0.2, 0.25) is 0 Å². The van der Waals surface area contributed by atoms with Gasteiger partial charge in [-0.3, -0.25) is 9.36 Å². The van der Waals surface area contributed by atoms with Crippen LogP contribution in [0.15, 0.2) is 29.1 Å². The van der Waals surface area contributed by atoms with E-state index in [1.54, 1.807) is 15.9 Å². The number of hydrogen-bond acceptors (Lipinski definition) is 4. The molecule has 0 amide bonds. The Hall–Kier alpha value is -2.14. The van der Waals surface area contributed by atoms with Gasteiger partial charge in [0.2, 0.25) is 0 Å². The van der Waals surface area contributed by atoms with E-state index in [-0.39, 0.29) is 5.56 Å². The van der Waals surface area contributed by atoms with Gasteiger partial charge in [0, 0.05) is 11.4 Å². The van der Waals surface area contributed by atoms with E-state index in [1.165, 1.54) is 10.4 Å². The van der Waals surface area contributed by atoms with E-state index in [1.807, 2.05) is 39.0 Å². The van der Waals surface area contributed by atoms with Crippen LogP contribution >= 0.6 is 11.3 Å². The van der Waals surface area contributed by atoms with Gasteiger partial charge in [-0.2, -0.15) is 0 Å². The molecule has 25 heavy (non-hydrogen) atoms. The standard InChI is InChI=1S/C20H24N2O2S/c1-13-8-7-9-17(12-13)24-11-6-5-10-22-16(4)21-19-18(20(22)23)14(2)15(3)25-19/h7-9,12H,5-6,10-11H2,1-4H3. The van der Waals surface area contributed by atoms with Gasteiger partial charge in [-0.25, -0.2) is 4.98 Å². The summed E-state index contributed by atoms with van der Waals surface area (Å²) in [5, 5.41) is 0.782. The average Bonchev–Trinajstić information content (AvgIpc) is 2.84. The molecule has 4 nitrogen and oxygen atoms in total. The monoisotopic (exact) mass is 356 g/mol. The Morgan fingerprint density at radius 3 is 2.72 bits per heavy atom. The first-order chi connectivity index (χ1) is 12.0. The molecule has 0 saturated heterocycles. The molecule has 0 spiro atoms. The summed E-state index contributed by atoms with van der Waals surface area (Å²) in [5.41, 5.74) is 2.35. The number of unbranched alkanes of at least 4 members (excludes halogenated alkanes) is 1. The Morgan fingerprint density at radius 2 is 1.96 bits per heavy atom. The summed E-state index contributed by atoms with van der Waals surface area (Å²) >= 11 is 1.60. The van der Waals surface area contributed by atoms with Crippen molar-refractivity contribution >= 4 is 21.6 Å². The third-order valence-electron chi connectivity index (χ3n) is 4.51. The van der Waals surface area contributed by atoms with Gasteiger partial charge in [-0.1, -0.05) is 12.1 Å². The first-order valence-electron chi connectivity index (χ1n) is 8.64. The van der Waals surface area contributed by atoms with Gasteiger partial charge in [0.1, 0.15) is 16.4 Å². The molecular weight excluding hydrogens is 332 g/mol. The van der Waals surface area contributed by atoms with Crippen LogP contribution in [0.4, 0.5) is 0 Å². The molecule has 5 heteroatoms. The first kappa shape index (κ1) is 17.7. The van der Waals surface area contributed by atoms with Crippen molar-refractivity contribution in [2.75, 3.05) is 6.61 Å². The molecule has 132 valence electrons. The zero-order valence-corrected chi connectivity index (χ0v) is 16.1. The van der Waals surface area contributed by atoms with Gasteiger partial charge in [0.05, 0.1) is 12.0 Å². The number of hydrogen-bond donors (Lipinski definition) is 0. The predicted molar refractivity (Wildman–Crippen MR) is 104 cm³/mol. The molecule has 0 radical (unpaired) electrons. The molecule has 0 unspecified atom stereocenters. The van der Waals surface area contributed by atoms with E-state index in [2.05, 4.69) is 18.0 Å². The van der Waals surface area contributed by atoms with Crippen LogP contribution in [0.3, 0.4) is 0 Å². The molecular formula is C20H24N2O2S. The highest BCUT2D eigenvalue weighted by Gasteiger charge is 2.14. The molecule has 0 atom stereocenters. The number of fused-ring (bicyclic) bond motifs is 1. The fraction of sp³-hybridized carbons (Fsp3) is 0.400. The predicted octanol–water partition coefficient (Wildman–Crippen LogP) is 4.55. The first-order valence-corrected chi connectivity index (χ1v) is 9.45. The van der Waals surface area contributed by atoms with Crippen LogP contribution in [-0.2, 0) is 6.54 Å². The van der Waals surface area contributed by atoms with Crippen molar-refractivity contribution in [1.82, 2.24) is 9.55 Å². The minimum atomic E-state index is 0.0870. The maximum Gasteiger partial charge on any atom is 0.262 e. The lowest BCUT2D eigenvalue weighted by atomic mass is 10.2. The second-order valence-electron chi connectivity index (χ2n) is 6.45. The van der Waals surface area contributed by atoms with Crippen molar-refractivity contribution < 1.29 is 4.74 Å². The zero-order chi connectivity index (χ0) is 18.0.